The van der Waals surface area contributed by atoms with Gasteiger partial charge in [0, 0.05) is 29.8 Å². The molecule has 0 amide bonds. The molecule has 3 rings (SSSR count). The molecule has 0 saturated heterocycles. The molecule has 0 radical (unpaired) electrons. The fourth-order valence-corrected chi connectivity index (χ4v) is 4.00. The molecule has 2 aromatic heterocycles. The second kappa shape index (κ2) is 10.8. The molecule has 158 valence electrons. The van der Waals surface area contributed by atoms with E-state index in [2.05, 4.69) is 28.6 Å². The van der Waals surface area contributed by atoms with Crippen molar-refractivity contribution in [2.45, 2.75) is 39.2 Å². The zero-order valence-electron chi connectivity index (χ0n) is 17.8. The summed E-state index contributed by atoms with van der Waals surface area (Å²) in [6, 6.07) is 12.1. The Bertz CT molecular complexity index is 973. The van der Waals surface area contributed by atoms with Gasteiger partial charge in [-0.15, -0.1) is 11.3 Å². The summed E-state index contributed by atoms with van der Waals surface area (Å²) in [7, 11) is 3.09. The van der Waals surface area contributed by atoms with Gasteiger partial charge in [0.1, 0.15) is 11.6 Å². The van der Waals surface area contributed by atoms with Gasteiger partial charge in [-0.25, -0.2) is 9.78 Å². The Morgan fingerprint density at radius 2 is 2.00 bits per heavy atom. The fourth-order valence-electron chi connectivity index (χ4n) is 3.27. The molecule has 0 N–H and O–H groups in total. The van der Waals surface area contributed by atoms with E-state index >= 15 is 0 Å². The van der Waals surface area contributed by atoms with Crippen molar-refractivity contribution in [3.8, 4) is 5.75 Å². The molecule has 0 atom stereocenters. The average molecular weight is 425 g/mol. The van der Waals surface area contributed by atoms with E-state index < -0.39 is 0 Å². The summed E-state index contributed by atoms with van der Waals surface area (Å²) in [5, 5.41) is 2.01. The SMILES string of the molecule is CCCCc1ncc(/C=C(\Cc2cccs2)C(=O)OC)n1Cc1ccc(OC)cc1. The third-order valence-electron chi connectivity index (χ3n) is 4.94. The molecule has 0 aliphatic rings. The van der Waals surface area contributed by atoms with Gasteiger partial charge in [-0.1, -0.05) is 31.5 Å². The van der Waals surface area contributed by atoms with Gasteiger partial charge in [0.05, 0.1) is 26.1 Å². The minimum Gasteiger partial charge on any atom is -0.497 e. The topological polar surface area (TPSA) is 53.3 Å². The Labute approximate surface area is 182 Å². The molecule has 0 bridgehead atoms. The maximum Gasteiger partial charge on any atom is 0.334 e. The summed E-state index contributed by atoms with van der Waals surface area (Å²) in [6.45, 7) is 2.86. The number of esters is 1. The molecule has 0 aliphatic heterocycles. The van der Waals surface area contributed by atoms with E-state index in [0.717, 1.165) is 47.0 Å². The highest BCUT2D eigenvalue weighted by molar-refractivity contribution is 7.09. The second-order valence-electron chi connectivity index (χ2n) is 7.05. The molecule has 1 aromatic carbocycles. The molecular formula is C24H28N2O3S. The smallest absolute Gasteiger partial charge is 0.334 e. The lowest BCUT2D eigenvalue weighted by Gasteiger charge is -2.12. The number of carbonyl (C=O) groups is 1. The number of unbranched alkanes of at least 4 members (excludes halogenated alkanes) is 1. The minimum atomic E-state index is -0.310. The fraction of sp³-hybridized carbons (Fsp3) is 0.333. The molecular weight excluding hydrogens is 396 g/mol. The van der Waals surface area contributed by atoms with Crippen LogP contribution in [0.4, 0.5) is 0 Å². The Balaban J connectivity index is 1.95. The Morgan fingerprint density at radius 3 is 2.63 bits per heavy atom. The van der Waals surface area contributed by atoms with Gasteiger partial charge in [0.25, 0.3) is 0 Å². The van der Waals surface area contributed by atoms with Crippen molar-refractivity contribution < 1.29 is 14.3 Å². The van der Waals surface area contributed by atoms with Crippen molar-refractivity contribution in [2.75, 3.05) is 14.2 Å². The highest BCUT2D eigenvalue weighted by Crippen LogP contribution is 2.21. The Hall–Kier alpha value is -2.86. The number of ether oxygens (including phenoxy) is 2. The molecule has 0 fully saturated rings. The molecule has 3 aromatic rings. The third-order valence-corrected chi connectivity index (χ3v) is 5.81. The maximum absolute atomic E-state index is 12.4. The van der Waals surface area contributed by atoms with E-state index in [-0.39, 0.29) is 5.97 Å². The molecule has 2 heterocycles. The summed E-state index contributed by atoms with van der Waals surface area (Å²) in [6.07, 6.45) is 7.39. The van der Waals surface area contributed by atoms with Gasteiger partial charge in [0.2, 0.25) is 0 Å². The van der Waals surface area contributed by atoms with Gasteiger partial charge in [-0.2, -0.15) is 0 Å². The molecule has 0 spiro atoms. The number of carbonyl (C=O) groups excluding carboxylic acids is 1. The van der Waals surface area contributed by atoms with Crippen LogP contribution in [0, 0.1) is 0 Å². The first-order valence-electron chi connectivity index (χ1n) is 10.1. The van der Waals surface area contributed by atoms with Crippen molar-refractivity contribution in [1.29, 1.82) is 0 Å². The summed E-state index contributed by atoms with van der Waals surface area (Å²) in [5.41, 5.74) is 2.69. The first kappa shape index (κ1) is 21.8. The minimum absolute atomic E-state index is 0.310. The number of methoxy groups -OCH3 is 2. The first-order valence-corrected chi connectivity index (χ1v) is 11.0. The number of imidazole rings is 1. The number of nitrogens with zero attached hydrogens (tertiary/aromatic N) is 2. The van der Waals surface area contributed by atoms with Crippen LogP contribution >= 0.6 is 11.3 Å². The van der Waals surface area contributed by atoms with Gasteiger partial charge in [0.15, 0.2) is 0 Å². The predicted molar refractivity (Wildman–Crippen MR) is 121 cm³/mol. The van der Waals surface area contributed by atoms with Crippen LogP contribution < -0.4 is 4.74 Å². The Morgan fingerprint density at radius 1 is 1.20 bits per heavy atom. The third kappa shape index (κ3) is 5.60. The number of aryl methyl sites for hydroxylation is 1. The summed E-state index contributed by atoms with van der Waals surface area (Å²) in [4.78, 5) is 18.2. The molecule has 30 heavy (non-hydrogen) atoms. The predicted octanol–water partition coefficient (Wildman–Crippen LogP) is 5.14. The van der Waals surface area contributed by atoms with Crippen LogP contribution in [0.15, 0.2) is 53.5 Å². The molecule has 6 heteroatoms. The Kier molecular flexibility index (Phi) is 7.85. The quantitative estimate of drug-likeness (QED) is 0.334. The lowest BCUT2D eigenvalue weighted by atomic mass is 10.1. The summed E-state index contributed by atoms with van der Waals surface area (Å²) in [5.74, 6) is 1.55. The lowest BCUT2D eigenvalue weighted by molar-refractivity contribution is -0.136. The lowest BCUT2D eigenvalue weighted by Crippen LogP contribution is -2.10. The van der Waals surface area contributed by atoms with Crippen LogP contribution in [0.25, 0.3) is 6.08 Å². The number of rotatable bonds is 10. The highest BCUT2D eigenvalue weighted by atomic mass is 32.1. The zero-order chi connectivity index (χ0) is 21.3. The van der Waals surface area contributed by atoms with E-state index in [1.54, 1.807) is 18.4 Å². The summed E-state index contributed by atoms with van der Waals surface area (Å²) >= 11 is 1.63. The monoisotopic (exact) mass is 424 g/mol. The molecule has 0 unspecified atom stereocenters. The van der Waals surface area contributed by atoms with Crippen molar-refractivity contribution in [2.24, 2.45) is 0 Å². The van der Waals surface area contributed by atoms with E-state index in [1.807, 2.05) is 41.9 Å². The second-order valence-corrected chi connectivity index (χ2v) is 8.09. The average Bonchev–Trinajstić information content (AvgIpc) is 3.42. The molecule has 5 nitrogen and oxygen atoms in total. The van der Waals surface area contributed by atoms with Gasteiger partial charge in [-0.3, -0.25) is 0 Å². The zero-order valence-corrected chi connectivity index (χ0v) is 18.6. The number of hydrogen-bond donors (Lipinski definition) is 0. The standard InChI is InChI=1S/C24H28N2O3S/c1-4-5-8-23-25-16-20(26(23)17-18-9-11-21(28-2)12-10-18)14-19(24(27)29-3)15-22-7-6-13-30-22/h6-7,9-14,16H,4-5,8,15,17H2,1-3H3/b19-14+. The number of aromatic nitrogens is 2. The van der Waals surface area contributed by atoms with Gasteiger partial charge < -0.3 is 14.0 Å². The maximum atomic E-state index is 12.4. The summed E-state index contributed by atoms with van der Waals surface area (Å²) < 4.78 is 12.5. The van der Waals surface area contributed by atoms with E-state index in [4.69, 9.17) is 9.47 Å². The van der Waals surface area contributed by atoms with Gasteiger partial charge >= 0.3 is 5.97 Å². The van der Waals surface area contributed by atoms with E-state index in [0.29, 0.717) is 18.5 Å². The van der Waals surface area contributed by atoms with E-state index in [9.17, 15) is 4.79 Å². The first-order chi connectivity index (χ1) is 14.6. The van der Waals surface area contributed by atoms with Crippen LogP contribution in [0.3, 0.4) is 0 Å². The van der Waals surface area contributed by atoms with Gasteiger partial charge in [-0.05, 0) is 41.6 Å². The van der Waals surface area contributed by atoms with Crippen LogP contribution in [0.2, 0.25) is 0 Å². The molecule has 0 aliphatic carbocycles. The number of hydrogen-bond acceptors (Lipinski definition) is 5. The number of thiophene rings is 1. The van der Waals surface area contributed by atoms with Crippen LogP contribution in [-0.4, -0.2) is 29.7 Å². The normalized spacial score (nSPS) is 11.5. The number of benzene rings is 1. The van der Waals surface area contributed by atoms with Crippen LogP contribution in [0.5, 0.6) is 5.75 Å². The largest absolute Gasteiger partial charge is 0.497 e. The van der Waals surface area contributed by atoms with Crippen LogP contribution in [-0.2, 0) is 28.9 Å². The van der Waals surface area contributed by atoms with E-state index in [1.165, 1.54) is 7.11 Å². The molecule has 0 saturated carbocycles. The van der Waals surface area contributed by atoms with Crippen molar-refractivity contribution in [3.05, 3.63) is 75.5 Å². The van der Waals surface area contributed by atoms with Crippen molar-refractivity contribution in [3.63, 3.8) is 0 Å². The van der Waals surface area contributed by atoms with Crippen molar-refractivity contribution >= 4 is 23.4 Å². The van der Waals surface area contributed by atoms with Crippen molar-refractivity contribution in [1.82, 2.24) is 9.55 Å². The highest BCUT2D eigenvalue weighted by Gasteiger charge is 2.15. The van der Waals surface area contributed by atoms with Crippen LogP contribution in [0.1, 0.15) is 41.7 Å².